The number of nitrogens with one attached hydrogen (secondary N) is 1. The van der Waals surface area contributed by atoms with Gasteiger partial charge in [-0.25, -0.2) is 4.39 Å². The Morgan fingerprint density at radius 3 is 2.24 bits per heavy atom. The Kier molecular flexibility index (Phi) is 10.7. The fraction of sp³-hybridized carbons (Fsp3) is 0.394. The molecule has 0 amide bonds. The van der Waals surface area contributed by atoms with Crippen molar-refractivity contribution in [1.29, 1.82) is 5.26 Å². The number of halogens is 1. The second kappa shape index (κ2) is 14.4. The average molecular weight is 574 g/mol. The van der Waals surface area contributed by atoms with E-state index in [1.165, 1.54) is 23.4 Å². The molecule has 0 saturated carbocycles. The summed E-state index contributed by atoms with van der Waals surface area (Å²) in [6, 6.07) is 19.8. The Bertz CT molecular complexity index is 1370. The van der Waals surface area contributed by atoms with Crippen LogP contribution in [0.25, 0.3) is 0 Å². The number of piperazine rings is 1. The van der Waals surface area contributed by atoms with Crippen LogP contribution < -0.4 is 15.1 Å². The van der Waals surface area contributed by atoms with Crippen LogP contribution in [0.2, 0.25) is 0 Å². The van der Waals surface area contributed by atoms with Crippen molar-refractivity contribution in [2.24, 2.45) is 0 Å². The van der Waals surface area contributed by atoms with Crippen molar-refractivity contribution in [3.63, 3.8) is 0 Å². The lowest BCUT2D eigenvalue weighted by Crippen LogP contribution is -2.44. The van der Waals surface area contributed by atoms with E-state index >= 15 is 0 Å². The number of benzene rings is 3. The van der Waals surface area contributed by atoms with E-state index in [-0.39, 0.29) is 5.82 Å². The quantitative estimate of drug-likeness (QED) is 0.272. The third-order valence-corrected chi connectivity index (χ3v) is 8.77. The van der Waals surface area contributed by atoms with Gasteiger partial charge in [0.15, 0.2) is 0 Å². The normalized spacial score (nSPS) is 16.0. The number of thioether (sulfide) groups is 1. The highest BCUT2D eigenvalue weighted by Gasteiger charge is 2.22. The molecule has 0 atom stereocenters. The molecule has 0 bridgehead atoms. The van der Waals surface area contributed by atoms with Crippen LogP contribution >= 0.6 is 11.8 Å². The van der Waals surface area contributed by atoms with Gasteiger partial charge in [0.2, 0.25) is 0 Å². The Balaban J connectivity index is 0.000000208. The maximum atomic E-state index is 13.6. The van der Waals surface area contributed by atoms with Crippen molar-refractivity contribution in [2.75, 3.05) is 67.7 Å². The maximum Gasteiger partial charge on any atom is 0.150 e. The third kappa shape index (κ3) is 7.60. The molecule has 0 radical (unpaired) electrons. The van der Waals surface area contributed by atoms with E-state index in [0.717, 1.165) is 97.0 Å². The Hall–Kier alpha value is -3.54. The smallest absolute Gasteiger partial charge is 0.150 e. The number of aryl methyl sites for hydroxylation is 2. The number of likely N-dealkylation sites (N-methyl/N-ethyl adjacent to an activating group) is 1. The zero-order chi connectivity index (χ0) is 29.4. The Morgan fingerprint density at radius 2 is 1.59 bits per heavy atom. The van der Waals surface area contributed by atoms with Gasteiger partial charge in [0.05, 0.1) is 21.8 Å². The number of carbonyl (C=O) groups is 1. The summed E-state index contributed by atoms with van der Waals surface area (Å²) in [5, 5.41) is 12.9. The number of carbonyl (C=O) groups excluding carboxylic acids is 1. The molecule has 0 aromatic heterocycles. The van der Waals surface area contributed by atoms with Gasteiger partial charge in [0.1, 0.15) is 18.2 Å². The molecule has 1 N–H and O–H groups in total. The first-order valence-corrected chi connectivity index (χ1v) is 15.4. The van der Waals surface area contributed by atoms with Crippen LogP contribution in [-0.2, 0) is 0 Å². The number of anilines is 3. The summed E-state index contributed by atoms with van der Waals surface area (Å²) in [5.41, 5.74) is 6.77. The monoisotopic (exact) mass is 573 g/mol. The van der Waals surface area contributed by atoms with Crippen LogP contribution in [-0.4, -0.2) is 69.8 Å². The number of piperidine rings is 1. The molecular weight excluding hydrogens is 533 g/mol. The number of hydrogen-bond acceptors (Lipinski definition) is 7. The minimum absolute atomic E-state index is 0.107. The van der Waals surface area contributed by atoms with Crippen LogP contribution in [0.4, 0.5) is 21.5 Å². The van der Waals surface area contributed by atoms with E-state index in [1.807, 2.05) is 49.6 Å². The predicted molar refractivity (Wildman–Crippen MR) is 169 cm³/mol. The van der Waals surface area contributed by atoms with Crippen molar-refractivity contribution < 1.29 is 9.18 Å². The van der Waals surface area contributed by atoms with E-state index in [1.54, 1.807) is 6.07 Å². The average Bonchev–Trinajstić information content (AvgIpc) is 2.99. The molecule has 41 heavy (non-hydrogen) atoms. The lowest BCUT2D eigenvalue weighted by molar-refractivity contribution is 0.112. The number of nitrogens with zero attached hydrogens (tertiary/aromatic N) is 4. The molecule has 2 saturated heterocycles. The predicted octanol–water partition coefficient (Wildman–Crippen LogP) is 6.37. The fourth-order valence-corrected chi connectivity index (χ4v) is 6.15. The molecule has 216 valence electrons. The van der Waals surface area contributed by atoms with Crippen molar-refractivity contribution in [2.45, 2.75) is 37.6 Å². The van der Waals surface area contributed by atoms with E-state index in [9.17, 15) is 14.4 Å². The number of rotatable bonds is 6. The Morgan fingerprint density at radius 1 is 0.927 bits per heavy atom. The molecule has 5 rings (SSSR count). The first-order chi connectivity index (χ1) is 19.8. The van der Waals surface area contributed by atoms with E-state index in [0.29, 0.717) is 6.04 Å². The summed E-state index contributed by atoms with van der Waals surface area (Å²) >= 11 is 1.49. The summed E-state index contributed by atoms with van der Waals surface area (Å²) in [5.74, 6) is -0.107. The second-order valence-corrected chi connectivity index (χ2v) is 11.6. The van der Waals surface area contributed by atoms with Crippen LogP contribution in [0.3, 0.4) is 0 Å². The van der Waals surface area contributed by atoms with Gasteiger partial charge >= 0.3 is 0 Å². The van der Waals surface area contributed by atoms with E-state index in [2.05, 4.69) is 46.1 Å². The van der Waals surface area contributed by atoms with Crippen molar-refractivity contribution in [1.82, 2.24) is 4.90 Å². The molecular formula is C33H40FN5OS. The van der Waals surface area contributed by atoms with Crippen molar-refractivity contribution in [3.8, 4) is 6.07 Å². The Labute approximate surface area is 248 Å². The zero-order valence-electron chi connectivity index (χ0n) is 24.5. The number of para-hydroxylation sites is 1. The van der Waals surface area contributed by atoms with Crippen LogP contribution in [0.15, 0.2) is 59.5 Å². The van der Waals surface area contributed by atoms with Gasteiger partial charge in [-0.3, -0.25) is 4.79 Å². The lowest BCUT2D eigenvalue weighted by Gasteiger charge is -2.35. The number of nitriles is 1. The highest BCUT2D eigenvalue weighted by atomic mass is 32.2. The number of hydrogen-bond donors (Lipinski definition) is 1. The molecule has 0 spiro atoms. The molecule has 2 fully saturated rings. The second-order valence-electron chi connectivity index (χ2n) is 10.8. The van der Waals surface area contributed by atoms with Crippen molar-refractivity contribution in [3.05, 3.63) is 82.7 Å². The molecule has 8 heteroatoms. The minimum atomic E-state index is -0.107. The largest absolute Gasteiger partial charge is 0.382 e. The van der Waals surface area contributed by atoms with Crippen LogP contribution in [0.5, 0.6) is 0 Å². The van der Waals surface area contributed by atoms with Gasteiger partial charge in [-0.15, -0.1) is 11.8 Å². The highest BCUT2D eigenvalue weighted by molar-refractivity contribution is 7.98. The molecule has 6 nitrogen and oxygen atoms in total. The van der Waals surface area contributed by atoms with Gasteiger partial charge in [-0.1, -0.05) is 24.3 Å². The van der Waals surface area contributed by atoms with Gasteiger partial charge < -0.3 is 20.0 Å². The van der Waals surface area contributed by atoms with Crippen molar-refractivity contribution >= 4 is 35.1 Å². The topological polar surface area (TPSA) is 62.6 Å². The third-order valence-electron chi connectivity index (χ3n) is 7.95. The molecule has 3 aromatic rings. The summed E-state index contributed by atoms with van der Waals surface area (Å²) < 4.78 is 13.6. The summed E-state index contributed by atoms with van der Waals surface area (Å²) in [4.78, 5) is 18.8. The molecule has 0 aliphatic carbocycles. The van der Waals surface area contributed by atoms with Gasteiger partial charge in [-0.05, 0) is 81.5 Å². The molecule has 2 aliphatic rings. The lowest BCUT2D eigenvalue weighted by atomic mass is 10.0. The zero-order valence-corrected chi connectivity index (χ0v) is 25.3. The van der Waals surface area contributed by atoms with Gasteiger partial charge in [-0.2, -0.15) is 5.26 Å². The summed E-state index contributed by atoms with van der Waals surface area (Å²) in [6.07, 6.45) is 4.85. The van der Waals surface area contributed by atoms with E-state index < -0.39 is 0 Å². The fourth-order valence-electron chi connectivity index (χ4n) is 5.48. The molecule has 0 unspecified atom stereocenters. The molecule has 2 heterocycles. The van der Waals surface area contributed by atoms with Gasteiger partial charge in [0, 0.05) is 56.6 Å². The van der Waals surface area contributed by atoms with Gasteiger partial charge in [0.25, 0.3) is 0 Å². The summed E-state index contributed by atoms with van der Waals surface area (Å²) in [6.45, 7) is 9.92. The van der Waals surface area contributed by atoms with Crippen LogP contribution in [0.1, 0.15) is 39.9 Å². The maximum absolute atomic E-state index is 13.6. The molecule has 2 aliphatic heterocycles. The van der Waals surface area contributed by atoms with E-state index in [4.69, 9.17) is 0 Å². The minimum Gasteiger partial charge on any atom is -0.382 e. The standard InChI is InChI=1S/C21H23N3O.C12H17FN2S/c1-15-11-16(2)20(12-18(15)14-25)23-19-7-9-24(10-8-19)21-6-4-3-5-17(21)13-22;1-14-6-8-15(9-7-14)11-5-3-4-10(13)12(11)16-2/h3-6,11-12,14,19,23H,7-10H2,1-2H3;3-5H,6-9H2,1-2H3. The first-order valence-electron chi connectivity index (χ1n) is 14.2. The first kappa shape index (κ1) is 30.4. The highest BCUT2D eigenvalue weighted by Crippen LogP contribution is 2.32. The summed E-state index contributed by atoms with van der Waals surface area (Å²) in [7, 11) is 2.12. The molecule has 3 aromatic carbocycles. The number of aldehydes is 1. The van der Waals surface area contributed by atoms with Crippen LogP contribution in [0, 0.1) is 31.0 Å². The SMILES string of the molecule is CSc1c(F)cccc1N1CCN(C)CC1.Cc1cc(C)c(NC2CCN(c3ccccc3C#N)CC2)cc1C=O.